The Balaban J connectivity index is 1.16. The van der Waals surface area contributed by atoms with E-state index in [0.717, 1.165) is 78.6 Å². The molecule has 2 heterocycles. The minimum atomic E-state index is -0.187. The highest BCUT2D eigenvalue weighted by Gasteiger charge is 2.49. The third-order valence-corrected chi connectivity index (χ3v) is 12.6. The maximum atomic E-state index is 15.6. The number of carbonyl (C=O) groups excluding carboxylic acids is 2. The van der Waals surface area contributed by atoms with Crippen LogP contribution in [0, 0.1) is 27.7 Å². The molecule has 0 bridgehead atoms. The summed E-state index contributed by atoms with van der Waals surface area (Å²) < 4.78 is 0. The van der Waals surface area contributed by atoms with Crippen molar-refractivity contribution in [3.8, 4) is 0 Å². The summed E-state index contributed by atoms with van der Waals surface area (Å²) in [5.74, 6) is -0.375. The van der Waals surface area contributed by atoms with Crippen LogP contribution in [0.25, 0.3) is 11.4 Å². The molecule has 2 amide bonds. The first-order valence-electron chi connectivity index (χ1n) is 22.5. The molecule has 0 radical (unpaired) electrons. The van der Waals surface area contributed by atoms with Crippen LogP contribution in [0.3, 0.4) is 0 Å². The van der Waals surface area contributed by atoms with Gasteiger partial charge in [0.2, 0.25) is 0 Å². The fraction of sp³-hybridized carbons (Fsp3) is 0.100. The van der Waals surface area contributed by atoms with E-state index in [1.54, 1.807) is 0 Å². The number of rotatable bonds is 12. The maximum Gasteiger partial charge on any atom is 0.261 e. The molecule has 2 aliphatic heterocycles. The van der Waals surface area contributed by atoms with Crippen molar-refractivity contribution in [3.05, 3.63) is 262 Å². The topological polar surface area (TPSA) is 47.1 Å². The van der Waals surface area contributed by atoms with Gasteiger partial charge in [0.1, 0.15) is 0 Å². The van der Waals surface area contributed by atoms with Crippen molar-refractivity contribution in [2.24, 2.45) is 0 Å². The summed E-state index contributed by atoms with van der Waals surface area (Å²) >= 11 is 0. The van der Waals surface area contributed by atoms with Crippen molar-refractivity contribution in [2.45, 2.75) is 40.8 Å². The molecule has 0 saturated heterocycles. The fourth-order valence-corrected chi connectivity index (χ4v) is 9.32. The average molecular weight is 859 g/mol. The van der Waals surface area contributed by atoms with Crippen LogP contribution in [-0.2, 0) is 22.7 Å². The molecule has 6 heteroatoms. The third kappa shape index (κ3) is 7.88. The highest BCUT2D eigenvalue weighted by molar-refractivity contribution is 6.30. The first-order valence-corrected chi connectivity index (χ1v) is 22.5. The SMILES string of the molecule is Cc1ccc(CN2C(=O)C3=C(c4ccc(N(c5ccccc5)c5ccccc5)cc4C)N(Cc4ccc(C)cc4)C(=O)C3=C2c2ccc(N(c3ccccc3)c3ccccc3)cc2C)cc1. The predicted molar refractivity (Wildman–Crippen MR) is 269 cm³/mol. The summed E-state index contributed by atoms with van der Waals surface area (Å²) in [4.78, 5) is 39.2. The predicted octanol–water partition coefficient (Wildman–Crippen LogP) is 14.1. The Labute approximate surface area is 387 Å². The molecular formula is C60H50N4O2. The van der Waals surface area contributed by atoms with Crippen molar-refractivity contribution in [1.29, 1.82) is 0 Å². The molecule has 6 nitrogen and oxygen atoms in total. The normalized spacial score (nSPS) is 13.5. The van der Waals surface area contributed by atoms with Gasteiger partial charge in [-0.15, -0.1) is 0 Å². The maximum absolute atomic E-state index is 15.6. The lowest BCUT2D eigenvalue weighted by atomic mass is 9.97. The Morgan fingerprint density at radius 3 is 0.939 bits per heavy atom. The second kappa shape index (κ2) is 17.7. The highest BCUT2D eigenvalue weighted by atomic mass is 16.2. The van der Waals surface area contributed by atoms with Gasteiger partial charge < -0.3 is 19.6 Å². The van der Waals surface area contributed by atoms with Crippen LogP contribution in [-0.4, -0.2) is 21.6 Å². The number of nitrogens with zero attached hydrogens (tertiary/aromatic N) is 4. The zero-order valence-corrected chi connectivity index (χ0v) is 37.6. The van der Waals surface area contributed by atoms with Crippen molar-refractivity contribution >= 4 is 57.3 Å². The summed E-state index contributed by atoms with van der Waals surface area (Å²) in [5.41, 5.74) is 16.0. The van der Waals surface area contributed by atoms with E-state index in [0.29, 0.717) is 35.6 Å². The number of hydrogen-bond donors (Lipinski definition) is 0. The minimum Gasteiger partial charge on any atom is -0.310 e. The zero-order chi connectivity index (χ0) is 45.3. The summed E-state index contributed by atoms with van der Waals surface area (Å²) in [6.45, 7) is 8.90. The molecular weight excluding hydrogens is 809 g/mol. The number of amides is 2. The van der Waals surface area contributed by atoms with Gasteiger partial charge in [0.25, 0.3) is 11.8 Å². The number of fused-ring (bicyclic) bond motifs is 1. The number of para-hydroxylation sites is 4. The molecule has 0 N–H and O–H groups in total. The number of aryl methyl sites for hydroxylation is 4. The van der Waals surface area contributed by atoms with Crippen molar-refractivity contribution < 1.29 is 9.59 Å². The van der Waals surface area contributed by atoms with Crippen LogP contribution in [0.5, 0.6) is 0 Å². The van der Waals surface area contributed by atoms with Gasteiger partial charge in [-0.2, -0.15) is 0 Å². The van der Waals surface area contributed by atoms with Gasteiger partial charge in [-0.05, 0) is 123 Å². The van der Waals surface area contributed by atoms with Gasteiger partial charge in [0, 0.05) is 45.3 Å². The molecule has 0 spiro atoms. The average Bonchev–Trinajstić information content (AvgIpc) is 3.78. The van der Waals surface area contributed by atoms with E-state index in [-0.39, 0.29) is 11.8 Å². The third-order valence-electron chi connectivity index (χ3n) is 12.6. The number of benzene rings is 8. The molecule has 66 heavy (non-hydrogen) atoms. The molecule has 0 aliphatic carbocycles. The second-order valence-electron chi connectivity index (χ2n) is 17.2. The standard InChI is InChI=1S/C60H50N4O2/c1-41-25-29-45(30-26-41)39-61-57(53-35-33-51(37-43(53)3)63(47-17-9-5-10-18-47)48-19-11-6-12-20-48)55-56(59(61)65)58(62(60(55)66)40-46-31-27-42(2)28-32-46)54-36-34-52(38-44(54)4)64(49-21-13-7-14-22-49)50-23-15-8-16-24-50/h5-38H,39-40H2,1-4H3. The van der Waals surface area contributed by atoms with Gasteiger partial charge in [-0.25, -0.2) is 0 Å². The van der Waals surface area contributed by atoms with Crippen molar-refractivity contribution in [1.82, 2.24) is 9.80 Å². The highest BCUT2D eigenvalue weighted by Crippen LogP contribution is 2.50. The van der Waals surface area contributed by atoms with E-state index < -0.39 is 0 Å². The van der Waals surface area contributed by atoms with E-state index in [2.05, 4.69) is 171 Å². The Kier molecular flexibility index (Phi) is 11.2. The molecule has 0 atom stereocenters. The van der Waals surface area contributed by atoms with Gasteiger partial charge in [-0.3, -0.25) is 9.59 Å². The van der Waals surface area contributed by atoms with E-state index in [4.69, 9.17) is 0 Å². The second-order valence-corrected chi connectivity index (χ2v) is 17.2. The Hall–Kier alpha value is -8.22. The van der Waals surface area contributed by atoms with Crippen LogP contribution in [0.15, 0.2) is 217 Å². The fourth-order valence-electron chi connectivity index (χ4n) is 9.32. The summed E-state index contributed by atoms with van der Waals surface area (Å²) in [6, 6.07) is 70.6. The zero-order valence-electron chi connectivity index (χ0n) is 37.6. The Morgan fingerprint density at radius 2 is 0.652 bits per heavy atom. The minimum absolute atomic E-state index is 0.187. The van der Waals surface area contributed by atoms with Crippen molar-refractivity contribution in [3.63, 3.8) is 0 Å². The molecule has 8 aromatic rings. The van der Waals surface area contributed by atoms with Gasteiger partial charge in [0.15, 0.2) is 0 Å². The van der Waals surface area contributed by atoms with E-state index in [9.17, 15) is 0 Å². The number of carbonyl (C=O) groups is 2. The van der Waals surface area contributed by atoms with Crippen LogP contribution < -0.4 is 9.80 Å². The summed E-state index contributed by atoms with van der Waals surface area (Å²) in [7, 11) is 0. The van der Waals surface area contributed by atoms with E-state index in [1.165, 1.54) is 0 Å². The van der Waals surface area contributed by atoms with Gasteiger partial charge in [0.05, 0.1) is 35.6 Å². The Morgan fingerprint density at radius 1 is 0.348 bits per heavy atom. The molecule has 0 fully saturated rings. The lowest BCUT2D eigenvalue weighted by molar-refractivity contribution is -0.124. The molecule has 8 aromatic carbocycles. The molecule has 2 aliphatic rings. The summed E-state index contributed by atoms with van der Waals surface area (Å²) in [5, 5.41) is 0. The van der Waals surface area contributed by atoms with E-state index >= 15 is 9.59 Å². The first-order chi connectivity index (χ1) is 32.2. The van der Waals surface area contributed by atoms with E-state index in [1.807, 2.05) is 82.6 Å². The molecule has 0 saturated carbocycles. The molecule has 0 aromatic heterocycles. The monoisotopic (exact) mass is 858 g/mol. The van der Waals surface area contributed by atoms with Crippen LogP contribution in [0.2, 0.25) is 0 Å². The quantitative estimate of drug-likeness (QED) is 0.123. The van der Waals surface area contributed by atoms with Gasteiger partial charge >= 0.3 is 0 Å². The summed E-state index contributed by atoms with van der Waals surface area (Å²) in [6.07, 6.45) is 0. The van der Waals surface area contributed by atoms with Crippen LogP contribution in [0.4, 0.5) is 34.1 Å². The molecule has 10 rings (SSSR count). The Bertz CT molecular complexity index is 2850. The smallest absolute Gasteiger partial charge is 0.261 e. The largest absolute Gasteiger partial charge is 0.310 e. The lowest BCUT2D eigenvalue weighted by Crippen LogP contribution is -2.30. The van der Waals surface area contributed by atoms with Crippen molar-refractivity contribution in [2.75, 3.05) is 9.80 Å². The van der Waals surface area contributed by atoms with Crippen LogP contribution >= 0.6 is 0 Å². The molecule has 0 unspecified atom stereocenters. The number of hydrogen-bond acceptors (Lipinski definition) is 4. The lowest BCUT2D eigenvalue weighted by Gasteiger charge is -2.29. The number of anilines is 6. The van der Waals surface area contributed by atoms with Gasteiger partial charge in [-0.1, -0.05) is 145 Å². The molecule has 322 valence electrons. The van der Waals surface area contributed by atoms with Crippen LogP contribution in [0.1, 0.15) is 44.5 Å². The first kappa shape index (κ1) is 41.8.